The summed E-state index contributed by atoms with van der Waals surface area (Å²) in [6.45, 7) is 6.51. The van der Waals surface area contributed by atoms with E-state index in [1.807, 2.05) is 0 Å². The van der Waals surface area contributed by atoms with E-state index < -0.39 is 9.84 Å². The Bertz CT molecular complexity index is 632. The van der Waals surface area contributed by atoms with Gasteiger partial charge in [-0.25, -0.2) is 8.42 Å². The molecule has 3 nitrogen and oxygen atoms in total. The van der Waals surface area contributed by atoms with E-state index in [4.69, 9.17) is 0 Å². The van der Waals surface area contributed by atoms with Gasteiger partial charge in [0, 0.05) is 18.5 Å². The molecule has 0 N–H and O–H groups in total. The third kappa shape index (κ3) is 2.95. The topological polar surface area (TPSA) is 37.4 Å². The number of benzene rings is 1. The Hall–Kier alpha value is -0.870. The highest BCUT2D eigenvalue weighted by molar-refractivity contribution is 7.91. The first-order valence-electron chi connectivity index (χ1n) is 8.45. The molecule has 22 heavy (non-hydrogen) atoms. The largest absolute Gasteiger partial charge is 0.298 e. The molecule has 1 heterocycles. The zero-order chi connectivity index (χ0) is 15.8. The molecule has 122 valence electrons. The predicted molar refractivity (Wildman–Crippen MR) is 90.8 cm³/mol. The minimum atomic E-state index is -2.91. The van der Waals surface area contributed by atoms with Crippen LogP contribution in [0.25, 0.3) is 0 Å². The molecule has 0 bridgehead atoms. The Kier molecular flexibility index (Phi) is 4.34. The highest BCUT2D eigenvalue weighted by atomic mass is 32.2. The first-order valence-corrected chi connectivity index (χ1v) is 10.2. The molecule has 1 aromatic carbocycles. The van der Waals surface area contributed by atoms with Gasteiger partial charge in [0.05, 0.1) is 11.0 Å². The number of hydrogen-bond donors (Lipinski definition) is 0. The van der Waals surface area contributed by atoms with E-state index in [2.05, 4.69) is 29.2 Å². The van der Waals surface area contributed by atoms with Gasteiger partial charge in [0.15, 0.2) is 9.84 Å². The quantitative estimate of drug-likeness (QED) is 0.836. The monoisotopic (exact) mass is 321 g/mol. The Balaban J connectivity index is 1.65. The molecule has 0 unspecified atom stereocenters. The number of hydrogen-bond acceptors (Lipinski definition) is 3. The van der Waals surface area contributed by atoms with Crippen LogP contribution in [-0.2, 0) is 21.8 Å². The molecule has 0 saturated heterocycles. The SMILES string of the molecule is CC(C)S(=O)(=O)CCCN1Cc2ccccc2C2(CCC2)C1. The lowest BCUT2D eigenvalue weighted by molar-refractivity contribution is 0.114. The summed E-state index contributed by atoms with van der Waals surface area (Å²) >= 11 is 0. The fraction of sp³-hybridized carbons (Fsp3) is 0.667. The average molecular weight is 321 g/mol. The third-order valence-electron chi connectivity index (χ3n) is 5.44. The predicted octanol–water partition coefficient (Wildman–Crippen LogP) is 3.14. The van der Waals surface area contributed by atoms with Crippen molar-refractivity contribution in [3.05, 3.63) is 35.4 Å². The molecule has 0 aromatic heterocycles. The Morgan fingerprint density at radius 1 is 1.23 bits per heavy atom. The van der Waals surface area contributed by atoms with Crippen LogP contribution in [-0.4, -0.2) is 37.4 Å². The van der Waals surface area contributed by atoms with Gasteiger partial charge in [-0.1, -0.05) is 30.7 Å². The summed E-state index contributed by atoms with van der Waals surface area (Å²) in [6.07, 6.45) is 4.64. The van der Waals surface area contributed by atoms with Crippen LogP contribution in [0.4, 0.5) is 0 Å². The van der Waals surface area contributed by atoms with Crippen LogP contribution < -0.4 is 0 Å². The maximum atomic E-state index is 11.9. The van der Waals surface area contributed by atoms with E-state index in [1.54, 1.807) is 19.4 Å². The van der Waals surface area contributed by atoms with Crippen molar-refractivity contribution in [1.29, 1.82) is 0 Å². The van der Waals surface area contributed by atoms with E-state index in [9.17, 15) is 8.42 Å². The molecular weight excluding hydrogens is 294 g/mol. The van der Waals surface area contributed by atoms with Crippen LogP contribution >= 0.6 is 0 Å². The first kappa shape index (κ1) is 16.0. The van der Waals surface area contributed by atoms with Gasteiger partial charge in [-0.3, -0.25) is 4.90 Å². The first-order chi connectivity index (χ1) is 10.4. The van der Waals surface area contributed by atoms with Gasteiger partial charge in [-0.15, -0.1) is 0 Å². The highest BCUT2D eigenvalue weighted by Gasteiger charge is 2.43. The van der Waals surface area contributed by atoms with Crippen molar-refractivity contribution >= 4 is 9.84 Å². The van der Waals surface area contributed by atoms with Crippen LogP contribution in [0.3, 0.4) is 0 Å². The van der Waals surface area contributed by atoms with Crippen molar-refractivity contribution in [2.24, 2.45) is 0 Å². The molecule has 1 fully saturated rings. The molecule has 1 spiro atoms. The lowest BCUT2D eigenvalue weighted by Crippen LogP contribution is -2.50. The van der Waals surface area contributed by atoms with Crippen molar-refractivity contribution in [3.63, 3.8) is 0 Å². The third-order valence-corrected chi connectivity index (χ3v) is 7.74. The summed E-state index contributed by atoms with van der Waals surface area (Å²) in [5, 5.41) is -0.257. The van der Waals surface area contributed by atoms with Gasteiger partial charge in [-0.05, 0) is 50.8 Å². The zero-order valence-electron chi connectivity index (χ0n) is 13.7. The van der Waals surface area contributed by atoms with Gasteiger partial charge in [0.25, 0.3) is 0 Å². The molecule has 1 aromatic rings. The summed E-state index contributed by atoms with van der Waals surface area (Å²) in [6, 6.07) is 8.82. The second-order valence-electron chi connectivity index (χ2n) is 7.27. The standard InChI is InChI=1S/C18H27NO2S/c1-15(2)22(20,21)12-6-11-19-13-16-7-3-4-8-17(16)18(14-19)9-5-10-18/h3-4,7-8,15H,5-6,9-14H2,1-2H3. The Morgan fingerprint density at radius 3 is 2.59 bits per heavy atom. The van der Waals surface area contributed by atoms with Crippen LogP contribution in [0.5, 0.6) is 0 Å². The van der Waals surface area contributed by atoms with Gasteiger partial charge in [-0.2, -0.15) is 0 Å². The minimum Gasteiger partial charge on any atom is -0.298 e. The maximum absolute atomic E-state index is 11.9. The lowest BCUT2D eigenvalue weighted by atomic mass is 9.61. The highest BCUT2D eigenvalue weighted by Crippen LogP contribution is 2.48. The van der Waals surface area contributed by atoms with Crippen molar-refractivity contribution in [2.45, 2.75) is 56.7 Å². The van der Waals surface area contributed by atoms with Crippen molar-refractivity contribution in [3.8, 4) is 0 Å². The smallest absolute Gasteiger partial charge is 0.152 e. The number of rotatable bonds is 5. The van der Waals surface area contributed by atoms with Gasteiger partial charge in [0.1, 0.15) is 0 Å². The van der Waals surface area contributed by atoms with E-state index >= 15 is 0 Å². The van der Waals surface area contributed by atoms with E-state index in [0.29, 0.717) is 11.2 Å². The van der Waals surface area contributed by atoms with Gasteiger partial charge in [0.2, 0.25) is 0 Å². The van der Waals surface area contributed by atoms with E-state index in [-0.39, 0.29) is 5.25 Å². The molecular formula is C18H27NO2S. The normalized spacial score (nSPS) is 20.9. The minimum absolute atomic E-state index is 0.257. The van der Waals surface area contributed by atoms with Crippen LogP contribution in [0.2, 0.25) is 0 Å². The van der Waals surface area contributed by atoms with Crippen molar-refractivity contribution in [1.82, 2.24) is 4.90 Å². The maximum Gasteiger partial charge on any atom is 0.152 e. The summed E-state index contributed by atoms with van der Waals surface area (Å²) in [5.74, 6) is 0.315. The summed E-state index contributed by atoms with van der Waals surface area (Å²) < 4.78 is 23.9. The van der Waals surface area contributed by atoms with Crippen molar-refractivity contribution < 1.29 is 8.42 Å². The summed E-state index contributed by atoms with van der Waals surface area (Å²) in [7, 11) is -2.91. The summed E-state index contributed by atoms with van der Waals surface area (Å²) in [5.41, 5.74) is 3.35. The molecule has 1 saturated carbocycles. The number of sulfone groups is 1. The van der Waals surface area contributed by atoms with Crippen LogP contribution in [0, 0.1) is 0 Å². The number of fused-ring (bicyclic) bond motifs is 2. The van der Waals surface area contributed by atoms with E-state index in [1.165, 1.54) is 24.8 Å². The molecule has 0 radical (unpaired) electrons. The second-order valence-corrected chi connectivity index (χ2v) is 9.95. The number of nitrogens with zero attached hydrogens (tertiary/aromatic N) is 1. The van der Waals surface area contributed by atoms with Gasteiger partial charge < -0.3 is 0 Å². The Morgan fingerprint density at radius 2 is 1.95 bits per heavy atom. The van der Waals surface area contributed by atoms with Crippen LogP contribution in [0.15, 0.2) is 24.3 Å². The zero-order valence-corrected chi connectivity index (χ0v) is 14.5. The molecule has 3 rings (SSSR count). The summed E-state index contributed by atoms with van der Waals surface area (Å²) in [4.78, 5) is 2.47. The second kappa shape index (κ2) is 5.97. The molecule has 1 aliphatic carbocycles. The Labute approximate surface area is 134 Å². The fourth-order valence-corrected chi connectivity index (χ4v) is 4.90. The average Bonchev–Trinajstić information content (AvgIpc) is 2.44. The molecule has 0 amide bonds. The lowest BCUT2D eigenvalue weighted by Gasteiger charge is -2.50. The van der Waals surface area contributed by atoms with Crippen molar-refractivity contribution in [2.75, 3.05) is 18.8 Å². The molecule has 1 aliphatic heterocycles. The van der Waals surface area contributed by atoms with Gasteiger partial charge >= 0.3 is 0 Å². The molecule has 0 atom stereocenters. The van der Waals surface area contributed by atoms with Crippen LogP contribution in [0.1, 0.15) is 50.7 Å². The molecule has 4 heteroatoms. The molecule has 2 aliphatic rings. The fourth-order valence-electron chi connectivity index (χ4n) is 3.90. The van der Waals surface area contributed by atoms with E-state index in [0.717, 1.165) is 26.1 Å².